The first-order chi connectivity index (χ1) is 10.8. The largest absolute Gasteiger partial charge is 0.464 e. The van der Waals surface area contributed by atoms with E-state index in [1.807, 2.05) is 29.8 Å². The van der Waals surface area contributed by atoms with Gasteiger partial charge in [-0.25, -0.2) is 0 Å². The van der Waals surface area contributed by atoms with Crippen molar-refractivity contribution in [1.29, 1.82) is 0 Å². The Kier molecular flexibility index (Phi) is 3.82. The van der Waals surface area contributed by atoms with Gasteiger partial charge in [0.1, 0.15) is 11.5 Å². The van der Waals surface area contributed by atoms with Gasteiger partial charge in [-0.2, -0.15) is 5.10 Å². The van der Waals surface area contributed by atoms with Crippen molar-refractivity contribution in [2.75, 3.05) is 7.05 Å². The summed E-state index contributed by atoms with van der Waals surface area (Å²) in [4.78, 5) is 14.4. The number of aromatic nitrogens is 2. The Bertz CT molecular complexity index is 717. The molecule has 23 heavy (non-hydrogen) atoms. The smallest absolute Gasteiger partial charge is 0.274 e. The summed E-state index contributed by atoms with van der Waals surface area (Å²) in [6.45, 7) is 8.71. The normalized spacial score (nSPS) is 15.0. The van der Waals surface area contributed by atoms with Crippen molar-refractivity contribution in [2.45, 2.75) is 58.5 Å². The molecule has 1 fully saturated rings. The monoisotopic (exact) mass is 315 g/mol. The van der Waals surface area contributed by atoms with Gasteiger partial charge in [-0.3, -0.25) is 9.48 Å². The summed E-state index contributed by atoms with van der Waals surface area (Å²) in [5, 5.41) is 4.61. The Balaban J connectivity index is 1.81. The molecule has 5 heteroatoms. The molecule has 2 heterocycles. The maximum atomic E-state index is 12.7. The zero-order valence-electron chi connectivity index (χ0n) is 14.6. The highest BCUT2D eigenvalue weighted by Gasteiger charge is 2.33. The molecule has 1 saturated carbocycles. The van der Waals surface area contributed by atoms with Crippen LogP contribution in [-0.2, 0) is 12.1 Å². The van der Waals surface area contributed by atoms with Crippen molar-refractivity contribution in [3.8, 4) is 0 Å². The molecule has 1 amide bonds. The lowest BCUT2D eigenvalue weighted by molar-refractivity contribution is 0.0767. The molecule has 1 aliphatic carbocycles. The van der Waals surface area contributed by atoms with E-state index < -0.39 is 0 Å². The van der Waals surface area contributed by atoms with Gasteiger partial charge in [0.2, 0.25) is 0 Å². The highest BCUT2D eigenvalue weighted by atomic mass is 16.3. The van der Waals surface area contributed by atoms with E-state index in [0.29, 0.717) is 18.2 Å². The van der Waals surface area contributed by atoms with Crippen LogP contribution in [0.2, 0.25) is 0 Å². The van der Waals surface area contributed by atoms with Crippen LogP contribution in [0.4, 0.5) is 0 Å². The lowest BCUT2D eigenvalue weighted by Crippen LogP contribution is -2.28. The number of carbonyl (C=O) groups is 1. The topological polar surface area (TPSA) is 51.3 Å². The Hall–Kier alpha value is -2.04. The molecular weight excluding hydrogens is 290 g/mol. The molecule has 0 atom stereocenters. The van der Waals surface area contributed by atoms with Crippen LogP contribution in [0.15, 0.2) is 22.6 Å². The average Bonchev–Trinajstić information content (AvgIpc) is 3.07. The predicted molar refractivity (Wildman–Crippen MR) is 88.4 cm³/mol. The summed E-state index contributed by atoms with van der Waals surface area (Å²) in [5.41, 5.74) is 1.59. The van der Waals surface area contributed by atoms with E-state index in [-0.39, 0.29) is 11.4 Å². The first-order valence-electron chi connectivity index (χ1n) is 8.17. The Morgan fingerprint density at radius 2 is 2.09 bits per heavy atom. The predicted octanol–water partition coefficient (Wildman–Crippen LogP) is 3.69. The van der Waals surface area contributed by atoms with Crippen molar-refractivity contribution < 1.29 is 9.21 Å². The highest BCUT2D eigenvalue weighted by Crippen LogP contribution is 2.41. The number of hydrogen-bond acceptors (Lipinski definition) is 3. The number of hydrogen-bond donors (Lipinski definition) is 0. The summed E-state index contributed by atoms with van der Waals surface area (Å²) in [5.74, 6) is 2.13. The number of furan rings is 1. The summed E-state index contributed by atoms with van der Waals surface area (Å²) >= 11 is 0. The molecule has 0 radical (unpaired) electrons. The Morgan fingerprint density at radius 1 is 1.39 bits per heavy atom. The van der Waals surface area contributed by atoms with Crippen LogP contribution in [0.3, 0.4) is 0 Å². The molecular formula is C18H25N3O2. The summed E-state index contributed by atoms with van der Waals surface area (Å²) in [6, 6.07) is 5.78. The molecule has 124 valence electrons. The van der Waals surface area contributed by atoms with Crippen LogP contribution in [0.1, 0.15) is 67.2 Å². The zero-order valence-corrected chi connectivity index (χ0v) is 14.6. The molecule has 1 aliphatic rings. The lowest BCUT2D eigenvalue weighted by Gasteiger charge is -2.22. The number of amides is 1. The second-order valence-electron chi connectivity index (χ2n) is 7.48. The van der Waals surface area contributed by atoms with Gasteiger partial charge in [0, 0.05) is 18.7 Å². The second-order valence-corrected chi connectivity index (χ2v) is 7.48. The fourth-order valence-corrected chi connectivity index (χ4v) is 2.78. The molecule has 5 nitrogen and oxygen atoms in total. The van der Waals surface area contributed by atoms with E-state index in [1.165, 1.54) is 18.5 Å². The van der Waals surface area contributed by atoms with E-state index in [2.05, 4.69) is 25.9 Å². The molecule has 2 aromatic rings. The molecule has 0 spiro atoms. The lowest BCUT2D eigenvalue weighted by atomic mass is 10.1. The van der Waals surface area contributed by atoms with Gasteiger partial charge < -0.3 is 9.32 Å². The third kappa shape index (κ3) is 3.33. The van der Waals surface area contributed by atoms with Crippen molar-refractivity contribution >= 4 is 5.91 Å². The SMILES string of the molecule is Cc1ccc(CN(C)C(=O)c2cc(C3CC3)n(C(C)(C)C)n2)o1. The van der Waals surface area contributed by atoms with E-state index in [4.69, 9.17) is 4.42 Å². The molecule has 0 aliphatic heterocycles. The van der Waals surface area contributed by atoms with Crippen LogP contribution in [0.5, 0.6) is 0 Å². The van der Waals surface area contributed by atoms with Crippen molar-refractivity contribution in [2.24, 2.45) is 0 Å². The van der Waals surface area contributed by atoms with Crippen LogP contribution >= 0.6 is 0 Å². The Labute approximate surface area is 137 Å². The van der Waals surface area contributed by atoms with Crippen LogP contribution in [0.25, 0.3) is 0 Å². The van der Waals surface area contributed by atoms with Gasteiger partial charge >= 0.3 is 0 Å². The third-order valence-corrected chi connectivity index (χ3v) is 4.12. The third-order valence-electron chi connectivity index (χ3n) is 4.12. The molecule has 0 unspecified atom stereocenters. The van der Waals surface area contributed by atoms with Gasteiger partial charge in [-0.15, -0.1) is 0 Å². The number of nitrogens with zero attached hydrogens (tertiary/aromatic N) is 3. The van der Waals surface area contributed by atoms with Gasteiger partial charge in [-0.05, 0) is 58.7 Å². The minimum atomic E-state index is -0.118. The minimum absolute atomic E-state index is 0.0658. The zero-order chi connectivity index (χ0) is 16.8. The second kappa shape index (κ2) is 5.55. The van der Waals surface area contributed by atoms with Crippen LogP contribution < -0.4 is 0 Å². The first-order valence-corrected chi connectivity index (χ1v) is 8.17. The molecule has 0 N–H and O–H groups in total. The fraction of sp³-hybridized carbons (Fsp3) is 0.556. The number of rotatable bonds is 4. The quantitative estimate of drug-likeness (QED) is 0.864. The van der Waals surface area contributed by atoms with Gasteiger partial charge in [0.15, 0.2) is 5.69 Å². The fourth-order valence-electron chi connectivity index (χ4n) is 2.78. The average molecular weight is 315 g/mol. The summed E-state index contributed by atoms with van der Waals surface area (Å²) in [6.07, 6.45) is 2.38. The highest BCUT2D eigenvalue weighted by molar-refractivity contribution is 5.92. The van der Waals surface area contributed by atoms with Crippen molar-refractivity contribution in [3.63, 3.8) is 0 Å². The standard InChI is InChI=1S/C18H25N3O2/c1-12-6-9-14(23-12)11-20(5)17(22)15-10-16(13-7-8-13)21(19-15)18(2,3)4/h6,9-10,13H,7-8,11H2,1-5H3. The minimum Gasteiger partial charge on any atom is -0.464 e. The Morgan fingerprint density at radius 3 is 2.61 bits per heavy atom. The maximum absolute atomic E-state index is 12.7. The van der Waals surface area contributed by atoms with Crippen LogP contribution in [0, 0.1) is 6.92 Å². The van der Waals surface area contributed by atoms with Crippen molar-refractivity contribution in [1.82, 2.24) is 14.7 Å². The first kappa shape index (κ1) is 15.8. The molecule has 0 saturated heterocycles. The van der Waals surface area contributed by atoms with Crippen LogP contribution in [-0.4, -0.2) is 27.6 Å². The van der Waals surface area contributed by atoms with Gasteiger partial charge in [0.05, 0.1) is 12.1 Å². The number of aryl methyl sites for hydroxylation is 1. The molecule has 3 rings (SSSR count). The van der Waals surface area contributed by atoms with Crippen molar-refractivity contribution in [3.05, 3.63) is 41.1 Å². The summed E-state index contributed by atoms with van der Waals surface area (Å²) in [7, 11) is 1.78. The van der Waals surface area contributed by atoms with Gasteiger partial charge in [-0.1, -0.05) is 0 Å². The van der Waals surface area contributed by atoms with Gasteiger partial charge in [0.25, 0.3) is 5.91 Å². The van der Waals surface area contributed by atoms with E-state index in [9.17, 15) is 4.79 Å². The van der Waals surface area contributed by atoms with E-state index >= 15 is 0 Å². The molecule has 0 bridgehead atoms. The molecule has 2 aromatic heterocycles. The van der Waals surface area contributed by atoms with E-state index in [1.54, 1.807) is 11.9 Å². The maximum Gasteiger partial charge on any atom is 0.274 e. The summed E-state index contributed by atoms with van der Waals surface area (Å²) < 4.78 is 7.57. The number of carbonyl (C=O) groups excluding carboxylic acids is 1. The molecule has 0 aromatic carbocycles. The van der Waals surface area contributed by atoms with E-state index in [0.717, 1.165) is 11.5 Å².